The van der Waals surface area contributed by atoms with Crippen molar-refractivity contribution < 1.29 is 28.4 Å². The van der Waals surface area contributed by atoms with Gasteiger partial charge in [0.2, 0.25) is 0 Å². The van der Waals surface area contributed by atoms with E-state index in [1.54, 1.807) is 54.6 Å². The second-order valence-electron chi connectivity index (χ2n) is 5.59. The molecule has 0 bridgehead atoms. The van der Waals surface area contributed by atoms with Crippen molar-refractivity contribution >= 4 is 11.5 Å². The van der Waals surface area contributed by atoms with Crippen LogP contribution in [0.25, 0.3) is 5.57 Å². The number of carbonyl (C=O) groups is 1. The maximum atomic E-state index is 13.7. The van der Waals surface area contributed by atoms with Gasteiger partial charge in [-0.2, -0.15) is 0 Å². The Kier molecular flexibility index (Phi) is 6.25. The number of methoxy groups -OCH3 is 1. The molecule has 0 aliphatic heterocycles. The Balaban J connectivity index is 1.68. The number of ether oxygens (including phenoxy) is 2. The molecule has 5 nitrogen and oxygen atoms in total. The molecule has 3 rings (SSSR count). The van der Waals surface area contributed by atoms with Gasteiger partial charge >= 0.3 is 5.97 Å². The fraction of sp³-hybridized carbons (Fsp3) is 0.0455. The van der Waals surface area contributed by atoms with Gasteiger partial charge in [0.1, 0.15) is 11.3 Å². The molecular weight excluding hydrogens is 363 g/mol. The molecule has 0 spiro atoms. The van der Waals surface area contributed by atoms with E-state index in [1.165, 1.54) is 31.6 Å². The minimum Gasteiger partial charge on any atom is -0.503 e. The summed E-state index contributed by atoms with van der Waals surface area (Å²) < 4.78 is 24.1. The van der Waals surface area contributed by atoms with E-state index < -0.39 is 11.8 Å². The third-order valence-corrected chi connectivity index (χ3v) is 3.62. The lowest BCUT2D eigenvalue weighted by Gasteiger charge is -2.10. The number of hydrogen-bond donors (Lipinski definition) is 0. The highest BCUT2D eigenvalue weighted by molar-refractivity contribution is 6.15. The Morgan fingerprint density at radius 3 is 2.36 bits per heavy atom. The van der Waals surface area contributed by atoms with Gasteiger partial charge in [-0.05, 0) is 29.8 Å². The van der Waals surface area contributed by atoms with Crippen molar-refractivity contribution in [1.82, 2.24) is 0 Å². The molecule has 0 unspecified atom stereocenters. The molecule has 28 heavy (non-hydrogen) atoms. The van der Waals surface area contributed by atoms with Gasteiger partial charge in [-0.3, -0.25) is 4.89 Å². The van der Waals surface area contributed by atoms with Crippen LogP contribution in [0, 0.1) is 5.82 Å². The normalized spacial score (nSPS) is 10.9. The zero-order chi connectivity index (χ0) is 19.8. The van der Waals surface area contributed by atoms with E-state index in [4.69, 9.17) is 19.2 Å². The zero-order valence-electron chi connectivity index (χ0n) is 15.0. The molecule has 0 atom stereocenters. The second-order valence-corrected chi connectivity index (χ2v) is 5.59. The lowest BCUT2D eigenvalue weighted by molar-refractivity contribution is -0.206. The Morgan fingerprint density at radius 1 is 0.893 bits per heavy atom. The number of carbonyl (C=O) groups excluding carboxylic acids is 1. The molecule has 0 radical (unpaired) electrons. The van der Waals surface area contributed by atoms with Gasteiger partial charge in [-0.25, -0.2) is 14.1 Å². The summed E-state index contributed by atoms with van der Waals surface area (Å²) in [6.07, 6.45) is 1.28. The number of hydrogen-bond acceptors (Lipinski definition) is 5. The van der Waals surface area contributed by atoms with E-state index in [-0.39, 0.29) is 17.1 Å². The molecular formula is C22H17FO5. The number of halogens is 1. The fourth-order valence-electron chi connectivity index (χ4n) is 2.34. The van der Waals surface area contributed by atoms with Gasteiger partial charge < -0.3 is 9.47 Å². The fourth-order valence-corrected chi connectivity index (χ4v) is 2.34. The minimum atomic E-state index is -0.728. The summed E-state index contributed by atoms with van der Waals surface area (Å²) in [6, 6.07) is 21.2. The first-order chi connectivity index (χ1) is 13.7. The maximum Gasteiger partial charge on any atom is 0.389 e. The molecule has 0 saturated heterocycles. The predicted molar refractivity (Wildman–Crippen MR) is 101 cm³/mol. The quantitative estimate of drug-likeness (QED) is 0.246. The van der Waals surface area contributed by atoms with Crippen LogP contribution in [0.2, 0.25) is 0 Å². The van der Waals surface area contributed by atoms with E-state index in [1.807, 2.05) is 6.07 Å². The average Bonchev–Trinajstić information content (AvgIpc) is 2.73. The van der Waals surface area contributed by atoms with Gasteiger partial charge in [-0.1, -0.05) is 48.5 Å². The van der Waals surface area contributed by atoms with Gasteiger partial charge in [0.05, 0.1) is 13.4 Å². The zero-order valence-corrected chi connectivity index (χ0v) is 15.0. The Bertz CT molecular complexity index is 969. The van der Waals surface area contributed by atoms with Crippen molar-refractivity contribution in [2.45, 2.75) is 0 Å². The van der Waals surface area contributed by atoms with Crippen molar-refractivity contribution in [1.29, 1.82) is 0 Å². The topological polar surface area (TPSA) is 54.0 Å². The van der Waals surface area contributed by atoms with E-state index in [0.29, 0.717) is 11.3 Å². The first-order valence-electron chi connectivity index (χ1n) is 8.37. The summed E-state index contributed by atoms with van der Waals surface area (Å²) in [5.41, 5.74) is 0.816. The molecule has 0 saturated carbocycles. The minimum absolute atomic E-state index is 0.0750. The van der Waals surface area contributed by atoms with Crippen molar-refractivity contribution in [2.24, 2.45) is 0 Å². The van der Waals surface area contributed by atoms with Crippen LogP contribution in [0.3, 0.4) is 0 Å². The standard InChI is InChI=1S/C22H17FO5/c1-25-15-19(16-8-3-2-4-9-16)22(24)28-27-18-11-7-10-17(14-18)26-21-13-6-5-12-20(21)23/h2-15H,1H3. The maximum absolute atomic E-state index is 13.7. The van der Waals surface area contributed by atoms with Crippen molar-refractivity contribution in [3.8, 4) is 17.2 Å². The van der Waals surface area contributed by atoms with Gasteiger partial charge in [0.15, 0.2) is 17.3 Å². The molecule has 142 valence electrons. The average molecular weight is 380 g/mol. The van der Waals surface area contributed by atoms with Gasteiger partial charge in [0, 0.05) is 6.07 Å². The Hall–Kier alpha value is -3.80. The summed E-state index contributed by atoms with van der Waals surface area (Å²) in [5.74, 6) is -0.599. The highest BCUT2D eigenvalue weighted by atomic mass is 19.1. The van der Waals surface area contributed by atoms with E-state index in [9.17, 15) is 9.18 Å². The van der Waals surface area contributed by atoms with Crippen LogP contribution in [-0.2, 0) is 14.4 Å². The molecule has 0 N–H and O–H groups in total. The number of rotatable bonds is 7. The summed E-state index contributed by atoms with van der Waals surface area (Å²) in [4.78, 5) is 22.4. The highest BCUT2D eigenvalue weighted by Gasteiger charge is 2.16. The van der Waals surface area contributed by atoms with E-state index in [2.05, 4.69) is 0 Å². The summed E-state index contributed by atoms with van der Waals surface area (Å²) in [6.45, 7) is 0. The van der Waals surface area contributed by atoms with Gasteiger partial charge in [-0.15, -0.1) is 0 Å². The molecule has 3 aromatic carbocycles. The number of benzene rings is 3. The van der Waals surface area contributed by atoms with Crippen LogP contribution in [-0.4, -0.2) is 13.1 Å². The molecule has 0 heterocycles. The third-order valence-electron chi connectivity index (χ3n) is 3.62. The summed E-state index contributed by atoms with van der Waals surface area (Å²) in [7, 11) is 1.43. The van der Waals surface area contributed by atoms with E-state index >= 15 is 0 Å². The van der Waals surface area contributed by atoms with Gasteiger partial charge in [0.25, 0.3) is 0 Å². The first kappa shape index (κ1) is 19.0. The molecule has 0 amide bonds. The van der Waals surface area contributed by atoms with Crippen LogP contribution >= 0.6 is 0 Å². The lowest BCUT2D eigenvalue weighted by Crippen LogP contribution is -2.10. The second kappa shape index (κ2) is 9.23. The molecule has 0 fully saturated rings. The summed E-state index contributed by atoms with van der Waals surface area (Å²) in [5, 5.41) is 0. The third kappa shape index (κ3) is 4.88. The lowest BCUT2D eigenvalue weighted by atomic mass is 10.1. The van der Waals surface area contributed by atoms with Crippen LogP contribution in [0.15, 0.2) is 85.1 Å². The van der Waals surface area contributed by atoms with Crippen LogP contribution in [0.4, 0.5) is 4.39 Å². The van der Waals surface area contributed by atoms with Crippen LogP contribution < -0.4 is 9.62 Å². The monoisotopic (exact) mass is 380 g/mol. The van der Waals surface area contributed by atoms with Crippen molar-refractivity contribution in [2.75, 3.05) is 7.11 Å². The number of para-hydroxylation sites is 1. The molecule has 6 heteroatoms. The SMILES string of the molecule is COC=C(C(=O)OOc1cccc(Oc2ccccc2F)c1)c1ccccc1. The molecule has 0 aromatic heterocycles. The molecule has 0 aliphatic carbocycles. The van der Waals surface area contributed by atoms with Crippen molar-refractivity contribution in [3.63, 3.8) is 0 Å². The summed E-state index contributed by atoms with van der Waals surface area (Å²) >= 11 is 0. The largest absolute Gasteiger partial charge is 0.503 e. The van der Waals surface area contributed by atoms with E-state index in [0.717, 1.165) is 0 Å². The Labute approximate surface area is 161 Å². The van der Waals surface area contributed by atoms with Crippen LogP contribution in [0.5, 0.6) is 17.2 Å². The molecule has 0 aliphatic rings. The smallest absolute Gasteiger partial charge is 0.389 e. The predicted octanol–water partition coefficient (Wildman–Crippen LogP) is 5.14. The molecule has 3 aromatic rings. The highest BCUT2D eigenvalue weighted by Crippen LogP contribution is 2.27. The first-order valence-corrected chi connectivity index (χ1v) is 8.37. The van der Waals surface area contributed by atoms with Crippen molar-refractivity contribution in [3.05, 3.63) is 96.5 Å². The Morgan fingerprint density at radius 2 is 1.61 bits per heavy atom. The van der Waals surface area contributed by atoms with Crippen LogP contribution in [0.1, 0.15) is 5.56 Å².